The van der Waals surface area contributed by atoms with E-state index < -0.39 is 0 Å². The molecule has 1 rings (SSSR count). The number of nitrogens with one attached hydrogen (secondary N) is 1. The van der Waals surface area contributed by atoms with Gasteiger partial charge in [-0.1, -0.05) is 32.9 Å². The second-order valence-electron chi connectivity index (χ2n) is 5.60. The van der Waals surface area contributed by atoms with E-state index in [2.05, 4.69) is 51.2 Å². The predicted molar refractivity (Wildman–Crippen MR) is 84.7 cm³/mol. The molecule has 0 aliphatic carbocycles. The molecule has 0 heterocycles. The molecule has 0 radical (unpaired) electrons. The molecule has 0 spiro atoms. The number of rotatable bonds is 9. The zero-order valence-electron chi connectivity index (χ0n) is 13.5. The summed E-state index contributed by atoms with van der Waals surface area (Å²) in [5.41, 5.74) is 2.50. The Morgan fingerprint density at radius 1 is 1.20 bits per heavy atom. The van der Waals surface area contributed by atoms with Gasteiger partial charge in [0.25, 0.3) is 0 Å². The van der Waals surface area contributed by atoms with Crippen LogP contribution in [-0.2, 0) is 4.74 Å². The molecule has 0 aliphatic rings. The van der Waals surface area contributed by atoms with Crippen LogP contribution in [0.15, 0.2) is 18.2 Å². The van der Waals surface area contributed by atoms with Crippen molar-refractivity contribution in [1.82, 2.24) is 5.32 Å². The first-order valence-corrected chi connectivity index (χ1v) is 7.54. The molecule has 3 nitrogen and oxygen atoms in total. The number of aryl methyl sites for hydroxylation is 1. The van der Waals surface area contributed by atoms with Gasteiger partial charge in [0, 0.05) is 7.11 Å². The van der Waals surface area contributed by atoms with Crippen LogP contribution in [0.5, 0.6) is 5.75 Å². The third-order valence-electron chi connectivity index (χ3n) is 3.37. The van der Waals surface area contributed by atoms with Gasteiger partial charge in [-0.2, -0.15) is 0 Å². The molecule has 0 saturated carbocycles. The van der Waals surface area contributed by atoms with E-state index in [4.69, 9.17) is 9.47 Å². The minimum atomic E-state index is 0.238. The van der Waals surface area contributed by atoms with Crippen molar-refractivity contribution in [3.63, 3.8) is 0 Å². The molecule has 0 amide bonds. The molecule has 3 heteroatoms. The van der Waals surface area contributed by atoms with E-state index in [9.17, 15) is 0 Å². The highest BCUT2D eigenvalue weighted by molar-refractivity contribution is 5.37. The maximum Gasteiger partial charge on any atom is 0.122 e. The molecule has 0 aromatic heterocycles. The third-order valence-corrected chi connectivity index (χ3v) is 3.37. The topological polar surface area (TPSA) is 30.5 Å². The smallest absolute Gasteiger partial charge is 0.122 e. The Morgan fingerprint density at radius 2 is 1.95 bits per heavy atom. The summed E-state index contributed by atoms with van der Waals surface area (Å²) in [7, 11) is 1.73. The van der Waals surface area contributed by atoms with Gasteiger partial charge in [0.2, 0.25) is 0 Å². The van der Waals surface area contributed by atoms with E-state index in [0.29, 0.717) is 19.1 Å². The quantitative estimate of drug-likeness (QED) is 0.750. The molecule has 1 unspecified atom stereocenters. The zero-order chi connectivity index (χ0) is 15.0. The summed E-state index contributed by atoms with van der Waals surface area (Å²) in [5, 5.41) is 3.45. The van der Waals surface area contributed by atoms with Gasteiger partial charge in [-0.05, 0) is 43.0 Å². The Hall–Kier alpha value is -1.06. The predicted octanol–water partition coefficient (Wildman–Crippen LogP) is 3.51. The fourth-order valence-corrected chi connectivity index (χ4v) is 2.04. The lowest BCUT2D eigenvalue weighted by Gasteiger charge is -2.20. The van der Waals surface area contributed by atoms with Crippen molar-refractivity contribution in [2.75, 3.05) is 26.9 Å². The number of hydrogen-bond acceptors (Lipinski definition) is 3. The summed E-state index contributed by atoms with van der Waals surface area (Å²) in [4.78, 5) is 0. The maximum atomic E-state index is 6.00. The highest BCUT2D eigenvalue weighted by atomic mass is 16.5. The van der Waals surface area contributed by atoms with Crippen LogP contribution in [0, 0.1) is 6.92 Å². The zero-order valence-corrected chi connectivity index (χ0v) is 13.5. The first kappa shape index (κ1) is 17.0. The molecule has 20 heavy (non-hydrogen) atoms. The van der Waals surface area contributed by atoms with Gasteiger partial charge < -0.3 is 14.8 Å². The van der Waals surface area contributed by atoms with Crippen molar-refractivity contribution in [1.29, 1.82) is 0 Å². The van der Waals surface area contributed by atoms with Crippen LogP contribution in [0.4, 0.5) is 0 Å². The fraction of sp³-hybridized carbons (Fsp3) is 0.647. The second-order valence-corrected chi connectivity index (χ2v) is 5.60. The monoisotopic (exact) mass is 279 g/mol. The Morgan fingerprint density at radius 3 is 2.55 bits per heavy atom. The lowest BCUT2D eigenvalue weighted by atomic mass is 10.0. The number of methoxy groups -OCH3 is 1. The Balaban J connectivity index is 2.64. The van der Waals surface area contributed by atoms with Crippen LogP contribution >= 0.6 is 0 Å². The largest absolute Gasteiger partial charge is 0.492 e. The first-order valence-electron chi connectivity index (χ1n) is 7.54. The standard InChI is InChI=1S/C17H29NO2/c1-6-9-18-16(11-19-5)12-20-17-10-15(13(2)3)8-7-14(17)4/h7-8,10,13,16,18H,6,9,11-12H2,1-5H3. The van der Waals surface area contributed by atoms with Crippen molar-refractivity contribution in [2.24, 2.45) is 0 Å². The van der Waals surface area contributed by atoms with Crippen LogP contribution in [0.1, 0.15) is 44.2 Å². The van der Waals surface area contributed by atoms with E-state index in [1.807, 2.05) is 0 Å². The van der Waals surface area contributed by atoms with Gasteiger partial charge in [-0.25, -0.2) is 0 Å². The highest BCUT2D eigenvalue weighted by Crippen LogP contribution is 2.24. The van der Waals surface area contributed by atoms with Crippen molar-refractivity contribution >= 4 is 0 Å². The number of hydrogen-bond donors (Lipinski definition) is 1. The van der Waals surface area contributed by atoms with Crippen LogP contribution in [-0.4, -0.2) is 32.9 Å². The van der Waals surface area contributed by atoms with E-state index in [1.165, 1.54) is 11.1 Å². The maximum absolute atomic E-state index is 6.00. The molecule has 1 atom stereocenters. The summed E-state index contributed by atoms with van der Waals surface area (Å²) in [6.45, 7) is 10.9. The lowest BCUT2D eigenvalue weighted by Crippen LogP contribution is -2.38. The molecule has 0 fully saturated rings. The van der Waals surface area contributed by atoms with E-state index in [-0.39, 0.29) is 6.04 Å². The lowest BCUT2D eigenvalue weighted by molar-refractivity contribution is 0.136. The third kappa shape index (κ3) is 5.51. The summed E-state index contributed by atoms with van der Waals surface area (Å²) in [5.74, 6) is 1.50. The summed E-state index contributed by atoms with van der Waals surface area (Å²) >= 11 is 0. The Kier molecular flexibility index (Phi) is 7.63. The van der Waals surface area contributed by atoms with Crippen molar-refractivity contribution in [3.05, 3.63) is 29.3 Å². The molecule has 1 N–H and O–H groups in total. The van der Waals surface area contributed by atoms with E-state index in [0.717, 1.165) is 18.7 Å². The van der Waals surface area contributed by atoms with Gasteiger partial charge in [-0.15, -0.1) is 0 Å². The molecule has 114 valence electrons. The van der Waals surface area contributed by atoms with E-state index in [1.54, 1.807) is 7.11 Å². The summed E-state index contributed by atoms with van der Waals surface area (Å²) < 4.78 is 11.2. The van der Waals surface area contributed by atoms with Gasteiger partial charge in [0.15, 0.2) is 0 Å². The van der Waals surface area contributed by atoms with Crippen molar-refractivity contribution in [3.8, 4) is 5.75 Å². The molecular weight excluding hydrogens is 250 g/mol. The van der Waals surface area contributed by atoms with Gasteiger partial charge >= 0.3 is 0 Å². The minimum Gasteiger partial charge on any atom is -0.492 e. The van der Waals surface area contributed by atoms with Gasteiger partial charge in [0.1, 0.15) is 12.4 Å². The van der Waals surface area contributed by atoms with Crippen LogP contribution in [0.25, 0.3) is 0 Å². The van der Waals surface area contributed by atoms with Crippen molar-refractivity contribution in [2.45, 2.75) is 46.1 Å². The van der Waals surface area contributed by atoms with E-state index >= 15 is 0 Å². The normalized spacial score (nSPS) is 12.7. The van der Waals surface area contributed by atoms with Crippen LogP contribution in [0.3, 0.4) is 0 Å². The molecule has 1 aromatic rings. The second kappa shape index (κ2) is 8.98. The average molecular weight is 279 g/mol. The van der Waals surface area contributed by atoms with Gasteiger partial charge in [-0.3, -0.25) is 0 Å². The molecule has 0 bridgehead atoms. The molecule has 1 aromatic carbocycles. The molecular formula is C17H29NO2. The highest BCUT2D eigenvalue weighted by Gasteiger charge is 2.10. The molecule has 0 aliphatic heterocycles. The number of ether oxygens (including phenoxy) is 2. The van der Waals surface area contributed by atoms with Gasteiger partial charge in [0.05, 0.1) is 12.6 Å². The van der Waals surface area contributed by atoms with Crippen LogP contribution < -0.4 is 10.1 Å². The first-order chi connectivity index (χ1) is 9.58. The minimum absolute atomic E-state index is 0.238. The summed E-state index contributed by atoms with van der Waals surface area (Å²) in [6, 6.07) is 6.70. The summed E-state index contributed by atoms with van der Waals surface area (Å²) in [6.07, 6.45) is 1.11. The Bertz CT molecular complexity index is 391. The molecule has 0 saturated heterocycles. The SMILES string of the molecule is CCCNC(COC)COc1cc(C(C)C)ccc1C. The fourth-order valence-electron chi connectivity index (χ4n) is 2.04. The van der Waals surface area contributed by atoms with Crippen molar-refractivity contribution < 1.29 is 9.47 Å². The number of benzene rings is 1. The Labute approximate surface area is 123 Å². The average Bonchev–Trinajstić information content (AvgIpc) is 2.43. The van der Waals surface area contributed by atoms with Crippen LogP contribution in [0.2, 0.25) is 0 Å².